The van der Waals surface area contributed by atoms with E-state index in [1.54, 1.807) is 24.3 Å². The van der Waals surface area contributed by atoms with Gasteiger partial charge in [0, 0.05) is 44.0 Å². The molecule has 12 N–H and O–H groups in total. The minimum atomic E-state index is -1.09. The second kappa shape index (κ2) is 27.5. The van der Waals surface area contributed by atoms with E-state index in [1.807, 2.05) is 24.3 Å². The smallest absolute Gasteiger partial charge is 0.252 e. The first-order chi connectivity index (χ1) is 26.5. The van der Waals surface area contributed by atoms with Crippen LogP contribution in [0.25, 0.3) is 0 Å². The highest BCUT2D eigenvalue weighted by atomic mass is 16.2. The molecular formula is C39H64N12O4. The number of nitrogens with two attached hydrogens (primary N) is 4. The zero-order valence-corrected chi connectivity index (χ0v) is 32.7. The molecule has 304 valence electrons. The number of azo groups is 1. The second-order valence-electron chi connectivity index (χ2n) is 13.4. The molecule has 2 aromatic carbocycles. The highest BCUT2D eigenvalue weighted by Gasteiger charge is 2.23. The van der Waals surface area contributed by atoms with Crippen LogP contribution in [0.15, 0.2) is 63.8 Å². The van der Waals surface area contributed by atoms with E-state index in [1.165, 1.54) is 0 Å². The summed E-state index contributed by atoms with van der Waals surface area (Å²) in [6.07, 6.45) is 8.92. The monoisotopic (exact) mass is 765 g/mol. The molecule has 0 unspecified atom stereocenters. The number of carbonyl (C=O) groups excluding carboxylic acids is 4. The number of primary amides is 1. The highest BCUT2D eigenvalue weighted by molar-refractivity contribution is 5.99. The summed E-state index contributed by atoms with van der Waals surface area (Å²) in [6.45, 7) is 9.25. The lowest BCUT2D eigenvalue weighted by atomic mass is 10.1. The predicted molar refractivity (Wildman–Crippen MR) is 219 cm³/mol. The molecule has 2 atom stereocenters. The van der Waals surface area contributed by atoms with Crippen LogP contribution in [0.1, 0.15) is 94.8 Å². The van der Waals surface area contributed by atoms with Crippen molar-refractivity contribution in [3.63, 3.8) is 0 Å². The van der Waals surface area contributed by atoms with Crippen LogP contribution in [0.4, 0.5) is 17.1 Å². The molecule has 16 heteroatoms. The van der Waals surface area contributed by atoms with Crippen LogP contribution < -0.4 is 49.1 Å². The molecule has 0 aliphatic carbocycles. The number of hydrogen-bond acceptors (Lipinski definition) is 10. The molecule has 16 nitrogen and oxygen atoms in total. The molecule has 4 amide bonds. The fourth-order valence-electron chi connectivity index (χ4n) is 5.72. The predicted octanol–water partition coefficient (Wildman–Crippen LogP) is 3.25. The number of benzene rings is 2. The lowest BCUT2D eigenvalue weighted by Gasteiger charge is -2.20. The topological polar surface area (TPSA) is 261 Å². The Balaban J connectivity index is 1.59. The van der Waals surface area contributed by atoms with Gasteiger partial charge in [0.1, 0.15) is 6.04 Å². The average Bonchev–Trinajstić information content (AvgIpc) is 3.17. The lowest BCUT2D eigenvalue weighted by molar-refractivity contribution is -0.126. The Kier molecular flexibility index (Phi) is 23.0. The number of guanidine groups is 1. The van der Waals surface area contributed by atoms with E-state index in [-0.39, 0.29) is 23.9 Å². The zero-order valence-electron chi connectivity index (χ0n) is 32.7. The number of carbonyl (C=O) groups is 4. The standard InChI is InChI=1S/C39H64N12O4/c1-3-51(4-2)32-20-18-30(19-21-32)49-50-31-16-12-15-29(27-31)36(53)48-34(28-35(41)52)38(55)46-24-11-9-7-5-6-8-10-22-44-23-14-26-45-37(54)33(40)17-13-25-47-39(42)43/h12,15-16,18-21,27,33-34,44H,3-11,13-14,17,22-26,28,40H2,1-2H3,(H2,41,52)(H,45,54)(H,46,55)(H,48,53)(H4,42,43,47)/t33-,34-/m0/s1. The zero-order chi connectivity index (χ0) is 40.3. The third-order valence-electron chi connectivity index (χ3n) is 8.86. The molecule has 2 rings (SSSR count). The Morgan fingerprint density at radius 1 is 0.709 bits per heavy atom. The summed E-state index contributed by atoms with van der Waals surface area (Å²) >= 11 is 0. The van der Waals surface area contributed by atoms with Crippen molar-refractivity contribution in [3.05, 3.63) is 54.1 Å². The molecule has 0 spiro atoms. The fraction of sp³-hybridized carbons (Fsp3) is 0.564. The summed E-state index contributed by atoms with van der Waals surface area (Å²) in [5.41, 5.74) is 24.4. The number of unbranched alkanes of at least 4 members (excludes halogenated alkanes) is 6. The van der Waals surface area contributed by atoms with Crippen LogP contribution >= 0.6 is 0 Å². The number of amides is 4. The Bertz CT molecular complexity index is 1490. The summed E-state index contributed by atoms with van der Waals surface area (Å²) in [5.74, 6) is -1.78. The Labute approximate surface area is 326 Å². The van der Waals surface area contributed by atoms with E-state index in [2.05, 4.69) is 55.2 Å². The van der Waals surface area contributed by atoms with Crippen LogP contribution in [0.3, 0.4) is 0 Å². The van der Waals surface area contributed by atoms with Crippen molar-refractivity contribution in [2.75, 3.05) is 50.7 Å². The largest absolute Gasteiger partial charge is 0.372 e. The van der Waals surface area contributed by atoms with Gasteiger partial charge in [-0.1, -0.05) is 38.2 Å². The Hall–Kier alpha value is -5.09. The van der Waals surface area contributed by atoms with Gasteiger partial charge < -0.3 is 49.1 Å². The molecule has 0 saturated carbocycles. The van der Waals surface area contributed by atoms with E-state index in [0.717, 1.165) is 83.2 Å². The summed E-state index contributed by atoms with van der Waals surface area (Å²) in [5, 5.41) is 20.3. The van der Waals surface area contributed by atoms with Gasteiger partial charge in [0.25, 0.3) is 5.91 Å². The van der Waals surface area contributed by atoms with E-state index >= 15 is 0 Å². The summed E-state index contributed by atoms with van der Waals surface area (Å²) in [7, 11) is 0. The van der Waals surface area contributed by atoms with Crippen molar-refractivity contribution in [1.82, 2.24) is 21.3 Å². The van der Waals surface area contributed by atoms with E-state index in [4.69, 9.17) is 22.9 Å². The minimum Gasteiger partial charge on any atom is -0.372 e. The molecule has 2 aromatic rings. The molecule has 0 saturated heterocycles. The van der Waals surface area contributed by atoms with Crippen molar-refractivity contribution in [1.29, 1.82) is 0 Å². The van der Waals surface area contributed by atoms with Crippen molar-refractivity contribution < 1.29 is 19.2 Å². The molecule has 0 aliphatic rings. The Morgan fingerprint density at radius 3 is 1.96 bits per heavy atom. The summed E-state index contributed by atoms with van der Waals surface area (Å²) < 4.78 is 0. The van der Waals surface area contributed by atoms with Gasteiger partial charge in [0.05, 0.1) is 23.8 Å². The Morgan fingerprint density at radius 2 is 1.31 bits per heavy atom. The first-order valence-electron chi connectivity index (χ1n) is 19.6. The molecule has 0 radical (unpaired) electrons. The van der Waals surface area contributed by atoms with Gasteiger partial charge in [-0.25, -0.2) is 0 Å². The molecule has 0 aliphatic heterocycles. The third-order valence-corrected chi connectivity index (χ3v) is 8.86. The summed E-state index contributed by atoms with van der Waals surface area (Å²) in [4.78, 5) is 55.9. The molecule has 0 heterocycles. The molecule has 0 fully saturated rings. The molecule has 0 aromatic heterocycles. The van der Waals surface area contributed by atoms with Gasteiger partial charge in [0.2, 0.25) is 17.7 Å². The number of nitrogens with one attached hydrogen (secondary N) is 4. The van der Waals surface area contributed by atoms with Gasteiger partial charge in [0.15, 0.2) is 5.96 Å². The number of hydrogen-bond donors (Lipinski definition) is 8. The first-order valence-corrected chi connectivity index (χ1v) is 19.6. The van der Waals surface area contributed by atoms with Gasteiger partial charge in [-0.2, -0.15) is 10.2 Å². The maximum Gasteiger partial charge on any atom is 0.252 e. The molecule has 0 bridgehead atoms. The minimum absolute atomic E-state index is 0.0370. The molecule has 55 heavy (non-hydrogen) atoms. The number of nitrogens with zero attached hydrogens (tertiary/aromatic N) is 4. The van der Waals surface area contributed by atoms with Gasteiger partial charge in [-0.3, -0.25) is 24.2 Å². The van der Waals surface area contributed by atoms with Gasteiger partial charge >= 0.3 is 0 Å². The van der Waals surface area contributed by atoms with E-state index in [0.29, 0.717) is 43.9 Å². The van der Waals surface area contributed by atoms with Crippen LogP contribution in [0.5, 0.6) is 0 Å². The third kappa shape index (κ3) is 20.2. The SMILES string of the molecule is CCN(CC)c1ccc(N=Nc2cccc(C(=O)N[C@@H](CC(N)=O)C(=O)NCCCCCCCCCNCCCNC(=O)[C@@H](N)CCCN=C(N)N)c2)cc1. The van der Waals surface area contributed by atoms with E-state index < -0.39 is 29.8 Å². The normalized spacial score (nSPS) is 12.1. The van der Waals surface area contributed by atoms with Gasteiger partial charge in [-0.15, -0.1) is 0 Å². The highest BCUT2D eigenvalue weighted by Crippen LogP contribution is 2.23. The lowest BCUT2D eigenvalue weighted by Crippen LogP contribution is -2.48. The van der Waals surface area contributed by atoms with Crippen molar-refractivity contribution >= 4 is 46.7 Å². The second-order valence-corrected chi connectivity index (χ2v) is 13.4. The number of aliphatic imine (C=N–C) groups is 1. The maximum atomic E-state index is 13.1. The number of anilines is 1. The first kappa shape index (κ1) is 46.1. The maximum absolute atomic E-state index is 13.1. The van der Waals surface area contributed by atoms with Gasteiger partial charge in [-0.05, 0) is 102 Å². The average molecular weight is 765 g/mol. The number of rotatable bonds is 29. The van der Waals surface area contributed by atoms with Crippen molar-refractivity contribution in [2.24, 2.45) is 38.2 Å². The van der Waals surface area contributed by atoms with Crippen LogP contribution in [-0.4, -0.2) is 87.5 Å². The van der Waals surface area contributed by atoms with E-state index in [9.17, 15) is 19.2 Å². The van der Waals surface area contributed by atoms with Crippen molar-refractivity contribution in [3.8, 4) is 0 Å². The van der Waals surface area contributed by atoms with Crippen LogP contribution in [0, 0.1) is 0 Å². The molecular weight excluding hydrogens is 701 g/mol. The van der Waals surface area contributed by atoms with Crippen LogP contribution in [-0.2, 0) is 14.4 Å². The van der Waals surface area contributed by atoms with Crippen molar-refractivity contribution in [2.45, 2.75) is 96.6 Å². The quantitative estimate of drug-likeness (QED) is 0.0261. The summed E-state index contributed by atoms with van der Waals surface area (Å²) in [6, 6.07) is 12.7. The fourth-order valence-corrected chi connectivity index (χ4v) is 5.72. The van der Waals surface area contributed by atoms with Crippen LogP contribution in [0.2, 0.25) is 0 Å².